The Morgan fingerprint density at radius 2 is 1.50 bits per heavy atom. The predicted molar refractivity (Wildman–Crippen MR) is 42.5 cm³/mol. The summed E-state index contributed by atoms with van der Waals surface area (Å²) in [5.41, 5.74) is 0. The third kappa shape index (κ3) is 2.23. The average molecular weight is 182 g/mol. The van der Waals surface area contributed by atoms with Crippen LogP contribution in [0.25, 0.3) is 0 Å². The van der Waals surface area contributed by atoms with Gasteiger partial charge in [0.25, 0.3) is 0 Å². The molecule has 3 nitrogen and oxygen atoms in total. The van der Waals surface area contributed by atoms with Gasteiger partial charge in [-0.1, -0.05) is 0 Å². The maximum atomic E-state index is 11.3. The standard InChI is InChI=1S/C5H12O3P2/c1-9(6)4-3-5-10(2,7)8-9/h3-5H2,1-2H3. The van der Waals surface area contributed by atoms with Crippen LogP contribution in [0, 0.1) is 0 Å². The van der Waals surface area contributed by atoms with Crippen LogP contribution in [-0.4, -0.2) is 25.7 Å². The topological polar surface area (TPSA) is 43.4 Å². The summed E-state index contributed by atoms with van der Waals surface area (Å²) in [7, 11) is -4.94. The molecule has 60 valence electrons. The average Bonchev–Trinajstić information content (AvgIpc) is 1.56. The molecule has 1 heterocycles. The molecule has 1 aliphatic heterocycles. The lowest BCUT2D eigenvalue weighted by molar-refractivity contribution is 0.454. The molecule has 0 spiro atoms. The molecule has 0 aromatic rings. The van der Waals surface area contributed by atoms with Gasteiger partial charge in [0.1, 0.15) is 0 Å². The Bertz CT molecular complexity index is 201. The van der Waals surface area contributed by atoms with E-state index < -0.39 is 14.7 Å². The number of hydrogen-bond donors (Lipinski definition) is 0. The van der Waals surface area contributed by atoms with Crippen LogP contribution in [0.2, 0.25) is 0 Å². The second-order valence-electron chi connectivity index (χ2n) is 2.91. The molecule has 1 fully saturated rings. The first-order valence-electron chi connectivity index (χ1n) is 3.26. The molecule has 1 aliphatic rings. The van der Waals surface area contributed by atoms with Crippen molar-refractivity contribution in [1.29, 1.82) is 0 Å². The summed E-state index contributed by atoms with van der Waals surface area (Å²) in [5, 5.41) is 0. The second kappa shape index (κ2) is 2.48. The van der Waals surface area contributed by atoms with Crippen LogP contribution in [0.3, 0.4) is 0 Å². The SMILES string of the molecule is CP1(=O)CCCP(C)(=O)O1. The van der Waals surface area contributed by atoms with E-state index in [0.717, 1.165) is 6.42 Å². The largest absolute Gasteiger partial charge is 0.293 e. The zero-order chi connectivity index (χ0) is 7.83. The van der Waals surface area contributed by atoms with Gasteiger partial charge >= 0.3 is 0 Å². The summed E-state index contributed by atoms with van der Waals surface area (Å²) in [6, 6.07) is 0. The molecule has 0 saturated carbocycles. The maximum Gasteiger partial charge on any atom is 0.205 e. The summed E-state index contributed by atoms with van der Waals surface area (Å²) >= 11 is 0. The summed E-state index contributed by atoms with van der Waals surface area (Å²) in [6.07, 6.45) is 1.96. The van der Waals surface area contributed by atoms with E-state index in [9.17, 15) is 9.13 Å². The van der Waals surface area contributed by atoms with Crippen LogP contribution in [-0.2, 0) is 13.4 Å². The van der Waals surface area contributed by atoms with Crippen LogP contribution < -0.4 is 0 Å². The minimum Gasteiger partial charge on any atom is -0.293 e. The predicted octanol–water partition coefficient (Wildman–Crippen LogP) is 2.22. The third-order valence-corrected chi connectivity index (χ3v) is 6.49. The van der Waals surface area contributed by atoms with E-state index in [-0.39, 0.29) is 0 Å². The van der Waals surface area contributed by atoms with Crippen LogP contribution in [0.5, 0.6) is 0 Å². The van der Waals surface area contributed by atoms with Crippen molar-refractivity contribution in [3.8, 4) is 0 Å². The lowest BCUT2D eigenvalue weighted by Crippen LogP contribution is -2.04. The van der Waals surface area contributed by atoms with Crippen molar-refractivity contribution in [2.24, 2.45) is 0 Å². The van der Waals surface area contributed by atoms with E-state index in [4.69, 9.17) is 4.31 Å². The molecule has 1 saturated heterocycles. The van der Waals surface area contributed by atoms with Crippen molar-refractivity contribution in [1.82, 2.24) is 0 Å². The highest BCUT2D eigenvalue weighted by Crippen LogP contribution is 2.63. The van der Waals surface area contributed by atoms with E-state index in [2.05, 4.69) is 0 Å². The molecule has 2 atom stereocenters. The van der Waals surface area contributed by atoms with Gasteiger partial charge in [-0.2, -0.15) is 0 Å². The molecule has 0 radical (unpaired) electrons. The molecular formula is C5H12O3P2. The highest BCUT2D eigenvalue weighted by Gasteiger charge is 2.31. The van der Waals surface area contributed by atoms with E-state index >= 15 is 0 Å². The van der Waals surface area contributed by atoms with Gasteiger partial charge in [-0.15, -0.1) is 0 Å². The van der Waals surface area contributed by atoms with Crippen molar-refractivity contribution < 1.29 is 13.4 Å². The van der Waals surface area contributed by atoms with Crippen molar-refractivity contribution in [3.05, 3.63) is 0 Å². The zero-order valence-corrected chi connectivity index (χ0v) is 8.03. The van der Waals surface area contributed by atoms with Gasteiger partial charge in [-0.25, -0.2) is 0 Å². The molecule has 0 aromatic heterocycles. The molecule has 0 bridgehead atoms. The minimum absolute atomic E-state index is 0.588. The Hall–Kier alpha value is 0.420. The Balaban J connectivity index is 2.75. The van der Waals surface area contributed by atoms with Gasteiger partial charge in [0.2, 0.25) is 14.7 Å². The molecule has 5 heteroatoms. The summed E-state index contributed by atoms with van der Waals surface area (Å²) in [5.74, 6) is 0. The molecule has 0 aromatic carbocycles. The first-order valence-corrected chi connectivity index (χ1v) is 7.77. The summed E-state index contributed by atoms with van der Waals surface area (Å²) in [6.45, 7) is 3.12. The van der Waals surface area contributed by atoms with Crippen molar-refractivity contribution in [3.63, 3.8) is 0 Å². The molecular weight excluding hydrogens is 170 g/mol. The van der Waals surface area contributed by atoms with Gasteiger partial charge in [0.15, 0.2) is 0 Å². The fourth-order valence-electron chi connectivity index (χ4n) is 1.09. The second-order valence-corrected chi connectivity index (χ2v) is 8.51. The van der Waals surface area contributed by atoms with Gasteiger partial charge in [-0.3, -0.25) is 13.4 Å². The van der Waals surface area contributed by atoms with E-state index in [0.29, 0.717) is 12.3 Å². The first kappa shape index (κ1) is 8.52. The smallest absolute Gasteiger partial charge is 0.205 e. The highest BCUT2D eigenvalue weighted by molar-refractivity contribution is 7.72. The molecule has 0 aliphatic carbocycles. The van der Waals surface area contributed by atoms with E-state index in [1.807, 2.05) is 0 Å². The number of rotatable bonds is 0. The Morgan fingerprint density at radius 1 is 1.10 bits per heavy atom. The van der Waals surface area contributed by atoms with Gasteiger partial charge in [0.05, 0.1) is 0 Å². The molecule has 0 amide bonds. The monoisotopic (exact) mass is 182 g/mol. The fraction of sp³-hybridized carbons (Fsp3) is 1.00. The van der Waals surface area contributed by atoms with Crippen LogP contribution in [0.4, 0.5) is 0 Å². The third-order valence-electron chi connectivity index (χ3n) is 1.47. The van der Waals surface area contributed by atoms with E-state index in [1.54, 1.807) is 13.3 Å². The first-order chi connectivity index (χ1) is 4.41. The molecule has 10 heavy (non-hydrogen) atoms. The normalized spacial score (nSPS) is 49.0. The van der Waals surface area contributed by atoms with Crippen LogP contribution in [0.1, 0.15) is 6.42 Å². The van der Waals surface area contributed by atoms with Gasteiger partial charge in [-0.05, 0) is 6.42 Å². The maximum absolute atomic E-state index is 11.3. The molecule has 1 rings (SSSR count). The van der Waals surface area contributed by atoms with E-state index in [1.165, 1.54) is 0 Å². The van der Waals surface area contributed by atoms with Gasteiger partial charge < -0.3 is 0 Å². The quantitative estimate of drug-likeness (QED) is 0.539. The fourth-order valence-corrected chi connectivity index (χ4v) is 6.38. The minimum atomic E-state index is -2.47. The van der Waals surface area contributed by atoms with Crippen LogP contribution >= 0.6 is 14.7 Å². The van der Waals surface area contributed by atoms with Crippen molar-refractivity contribution in [2.45, 2.75) is 6.42 Å². The van der Waals surface area contributed by atoms with Crippen molar-refractivity contribution >= 4 is 14.7 Å². The van der Waals surface area contributed by atoms with Crippen molar-refractivity contribution in [2.75, 3.05) is 25.7 Å². The summed E-state index contributed by atoms with van der Waals surface area (Å²) in [4.78, 5) is 0. The summed E-state index contributed by atoms with van der Waals surface area (Å²) < 4.78 is 27.5. The Kier molecular flexibility index (Phi) is 2.11. The lowest BCUT2D eigenvalue weighted by atomic mass is 10.6. The van der Waals surface area contributed by atoms with Crippen LogP contribution in [0.15, 0.2) is 0 Å². The Labute approximate surface area is 61.1 Å². The Morgan fingerprint density at radius 3 is 1.70 bits per heavy atom. The number of hydrogen-bond acceptors (Lipinski definition) is 3. The molecule has 2 unspecified atom stereocenters. The molecule has 0 N–H and O–H groups in total. The van der Waals surface area contributed by atoms with Gasteiger partial charge in [0, 0.05) is 25.7 Å². The lowest BCUT2D eigenvalue weighted by Gasteiger charge is -2.24. The zero-order valence-electron chi connectivity index (χ0n) is 6.24. The highest BCUT2D eigenvalue weighted by atomic mass is 31.2.